The molecule has 0 aliphatic rings. The first kappa shape index (κ1) is 11.8. The van der Waals surface area contributed by atoms with Crippen molar-refractivity contribution in [3.05, 3.63) is 59.2 Å². The molecule has 80 valence electrons. The maximum atomic E-state index is 3.79. The lowest BCUT2D eigenvalue weighted by Crippen LogP contribution is -1.88. The number of hydrogen-bond donors (Lipinski definition) is 0. The van der Waals surface area contributed by atoms with Crippen LogP contribution < -0.4 is 0 Å². The highest BCUT2D eigenvalue weighted by Gasteiger charge is 1.96. The van der Waals surface area contributed by atoms with Crippen LogP contribution in [0.1, 0.15) is 31.4 Å². The number of hydrogen-bond acceptors (Lipinski definition) is 0. The molecule has 0 radical (unpaired) electrons. The van der Waals surface area contributed by atoms with Gasteiger partial charge in [0, 0.05) is 0 Å². The summed E-state index contributed by atoms with van der Waals surface area (Å²) in [5.74, 6) is 0. The highest BCUT2D eigenvalue weighted by molar-refractivity contribution is 5.24. The van der Waals surface area contributed by atoms with Gasteiger partial charge in [0.2, 0.25) is 0 Å². The Morgan fingerprint density at radius 1 is 1.20 bits per heavy atom. The molecule has 0 amide bonds. The number of aryl methyl sites for hydroxylation is 2. The van der Waals surface area contributed by atoms with Crippen molar-refractivity contribution in [3.63, 3.8) is 0 Å². The van der Waals surface area contributed by atoms with Crippen LogP contribution in [0.3, 0.4) is 0 Å². The SMILES string of the molecule is C=C/C(C)=C(/C)CCc1ccc(C)cc1. The normalized spacial score (nSPS) is 12.2. The Kier molecular flexibility index (Phi) is 4.36. The number of benzene rings is 1. The summed E-state index contributed by atoms with van der Waals surface area (Å²) in [6, 6.07) is 8.78. The van der Waals surface area contributed by atoms with E-state index in [-0.39, 0.29) is 0 Å². The molecule has 0 atom stereocenters. The molecule has 15 heavy (non-hydrogen) atoms. The second-order valence-electron chi connectivity index (χ2n) is 4.15. The zero-order valence-electron chi connectivity index (χ0n) is 10.0. The molecule has 0 aliphatic heterocycles. The fraction of sp³-hybridized carbons (Fsp3) is 0.333. The lowest BCUT2D eigenvalue weighted by Gasteiger charge is -2.05. The third-order valence-corrected chi connectivity index (χ3v) is 2.89. The molecule has 1 rings (SSSR count). The second kappa shape index (κ2) is 5.55. The van der Waals surface area contributed by atoms with Gasteiger partial charge in [0.15, 0.2) is 0 Å². The molecule has 1 aromatic carbocycles. The van der Waals surface area contributed by atoms with E-state index >= 15 is 0 Å². The van der Waals surface area contributed by atoms with E-state index in [2.05, 4.69) is 51.6 Å². The maximum Gasteiger partial charge on any atom is -0.0241 e. The molecule has 0 N–H and O–H groups in total. The summed E-state index contributed by atoms with van der Waals surface area (Å²) >= 11 is 0. The van der Waals surface area contributed by atoms with E-state index < -0.39 is 0 Å². The monoisotopic (exact) mass is 200 g/mol. The van der Waals surface area contributed by atoms with Gasteiger partial charge in [-0.15, -0.1) is 0 Å². The van der Waals surface area contributed by atoms with Crippen LogP contribution in [-0.4, -0.2) is 0 Å². The third kappa shape index (κ3) is 3.75. The van der Waals surface area contributed by atoms with E-state index in [1.807, 2.05) is 6.08 Å². The molecule has 0 spiro atoms. The van der Waals surface area contributed by atoms with Crippen molar-refractivity contribution in [1.29, 1.82) is 0 Å². The molecule has 0 unspecified atom stereocenters. The minimum Gasteiger partial charge on any atom is -0.0988 e. The summed E-state index contributed by atoms with van der Waals surface area (Å²) in [5.41, 5.74) is 5.48. The molecule has 0 saturated carbocycles. The van der Waals surface area contributed by atoms with Gasteiger partial charge in [-0.25, -0.2) is 0 Å². The lowest BCUT2D eigenvalue weighted by atomic mass is 10.0. The second-order valence-corrected chi connectivity index (χ2v) is 4.15. The van der Waals surface area contributed by atoms with E-state index in [1.165, 1.54) is 22.3 Å². The molecule has 0 heteroatoms. The van der Waals surface area contributed by atoms with Crippen LogP contribution in [0, 0.1) is 6.92 Å². The van der Waals surface area contributed by atoms with Crippen molar-refractivity contribution >= 4 is 0 Å². The third-order valence-electron chi connectivity index (χ3n) is 2.89. The summed E-state index contributed by atoms with van der Waals surface area (Å²) in [7, 11) is 0. The molecular weight excluding hydrogens is 180 g/mol. The van der Waals surface area contributed by atoms with Crippen molar-refractivity contribution in [2.45, 2.75) is 33.6 Å². The van der Waals surface area contributed by atoms with Crippen LogP contribution in [0.5, 0.6) is 0 Å². The molecule has 0 aliphatic carbocycles. The molecule has 0 saturated heterocycles. The standard InChI is InChI=1S/C15H20/c1-5-13(3)14(4)8-11-15-9-6-12(2)7-10-15/h5-7,9-10H,1,8,11H2,2-4H3/b14-13-. The van der Waals surface area contributed by atoms with E-state index in [0.29, 0.717) is 0 Å². The Morgan fingerprint density at radius 3 is 2.33 bits per heavy atom. The fourth-order valence-electron chi connectivity index (χ4n) is 1.46. The van der Waals surface area contributed by atoms with Gasteiger partial charge < -0.3 is 0 Å². The first-order chi connectivity index (χ1) is 7.13. The molecule has 0 aromatic heterocycles. The first-order valence-electron chi connectivity index (χ1n) is 5.48. The van der Waals surface area contributed by atoms with Gasteiger partial charge in [-0.05, 0) is 39.2 Å². The van der Waals surface area contributed by atoms with Crippen LogP contribution in [0.25, 0.3) is 0 Å². The Morgan fingerprint density at radius 2 is 1.80 bits per heavy atom. The molecule has 0 fully saturated rings. The minimum atomic E-state index is 1.12. The smallest absolute Gasteiger partial charge is 0.0241 e. The van der Waals surface area contributed by atoms with Gasteiger partial charge in [0.05, 0.1) is 0 Å². The average molecular weight is 200 g/mol. The van der Waals surface area contributed by atoms with Crippen molar-refractivity contribution < 1.29 is 0 Å². The summed E-state index contributed by atoms with van der Waals surface area (Å²) in [6.07, 6.45) is 4.18. The van der Waals surface area contributed by atoms with E-state index in [1.54, 1.807) is 0 Å². The molecule has 0 nitrogen and oxygen atoms in total. The van der Waals surface area contributed by atoms with Gasteiger partial charge in [-0.1, -0.05) is 53.6 Å². The van der Waals surface area contributed by atoms with Crippen LogP contribution in [0.2, 0.25) is 0 Å². The van der Waals surface area contributed by atoms with Crippen LogP contribution in [0.4, 0.5) is 0 Å². The van der Waals surface area contributed by atoms with E-state index in [4.69, 9.17) is 0 Å². The predicted molar refractivity (Wildman–Crippen MR) is 68.1 cm³/mol. The van der Waals surface area contributed by atoms with E-state index in [0.717, 1.165) is 12.8 Å². The fourth-order valence-corrected chi connectivity index (χ4v) is 1.46. The minimum absolute atomic E-state index is 1.12. The van der Waals surface area contributed by atoms with Crippen molar-refractivity contribution in [3.8, 4) is 0 Å². The zero-order valence-corrected chi connectivity index (χ0v) is 10.0. The highest BCUT2D eigenvalue weighted by Crippen LogP contribution is 2.13. The van der Waals surface area contributed by atoms with Crippen LogP contribution >= 0.6 is 0 Å². The van der Waals surface area contributed by atoms with Crippen LogP contribution in [0.15, 0.2) is 48.1 Å². The summed E-state index contributed by atoms with van der Waals surface area (Å²) in [5, 5.41) is 0. The van der Waals surface area contributed by atoms with Gasteiger partial charge in [-0.2, -0.15) is 0 Å². The summed E-state index contributed by atoms with van der Waals surface area (Å²) in [6.45, 7) is 10.2. The summed E-state index contributed by atoms with van der Waals surface area (Å²) in [4.78, 5) is 0. The first-order valence-corrected chi connectivity index (χ1v) is 5.48. The molecule has 1 aromatic rings. The average Bonchev–Trinajstić information content (AvgIpc) is 2.26. The predicted octanol–water partition coefficient (Wildman–Crippen LogP) is 4.45. The molecule has 0 heterocycles. The van der Waals surface area contributed by atoms with Gasteiger partial charge >= 0.3 is 0 Å². The Balaban J connectivity index is 2.58. The quantitative estimate of drug-likeness (QED) is 0.630. The largest absolute Gasteiger partial charge is 0.0988 e. The van der Waals surface area contributed by atoms with Crippen molar-refractivity contribution in [2.75, 3.05) is 0 Å². The van der Waals surface area contributed by atoms with Crippen molar-refractivity contribution in [1.82, 2.24) is 0 Å². The highest BCUT2D eigenvalue weighted by atomic mass is 14.0. The Labute approximate surface area is 93.3 Å². The summed E-state index contributed by atoms with van der Waals surface area (Å²) < 4.78 is 0. The zero-order chi connectivity index (χ0) is 11.3. The van der Waals surface area contributed by atoms with Gasteiger partial charge in [-0.3, -0.25) is 0 Å². The molecule has 0 bridgehead atoms. The Bertz CT molecular complexity index is 352. The van der Waals surface area contributed by atoms with Gasteiger partial charge in [0.25, 0.3) is 0 Å². The van der Waals surface area contributed by atoms with E-state index in [9.17, 15) is 0 Å². The number of rotatable bonds is 4. The van der Waals surface area contributed by atoms with Crippen LogP contribution in [-0.2, 0) is 6.42 Å². The lowest BCUT2D eigenvalue weighted by molar-refractivity contribution is 0.928. The van der Waals surface area contributed by atoms with Crippen molar-refractivity contribution in [2.24, 2.45) is 0 Å². The topological polar surface area (TPSA) is 0 Å². The number of allylic oxidation sites excluding steroid dienone is 3. The Hall–Kier alpha value is -1.30. The maximum absolute atomic E-state index is 3.79. The molecular formula is C15H20. The van der Waals surface area contributed by atoms with Gasteiger partial charge in [0.1, 0.15) is 0 Å².